The van der Waals surface area contributed by atoms with E-state index in [-0.39, 0.29) is 30.1 Å². The normalized spacial score (nSPS) is 23.0. The lowest BCUT2D eigenvalue weighted by Crippen LogP contribution is -2.68. The highest BCUT2D eigenvalue weighted by Gasteiger charge is 2.44. The van der Waals surface area contributed by atoms with Gasteiger partial charge in [0.1, 0.15) is 11.6 Å². The van der Waals surface area contributed by atoms with Crippen molar-refractivity contribution < 1.29 is 18.3 Å². The lowest BCUT2D eigenvalue weighted by Gasteiger charge is -2.53. The summed E-state index contributed by atoms with van der Waals surface area (Å²) >= 11 is 0. The number of rotatable bonds is 9. The van der Waals surface area contributed by atoms with Gasteiger partial charge in [0.05, 0.1) is 23.9 Å². The van der Waals surface area contributed by atoms with Crippen LogP contribution in [0.2, 0.25) is 0 Å². The summed E-state index contributed by atoms with van der Waals surface area (Å²) in [4.78, 5) is 33.1. The van der Waals surface area contributed by atoms with E-state index in [4.69, 9.17) is 9.97 Å². The lowest BCUT2D eigenvalue weighted by atomic mass is 9.92. The van der Waals surface area contributed by atoms with E-state index in [1.807, 2.05) is 37.9 Å². The summed E-state index contributed by atoms with van der Waals surface area (Å²) < 4.78 is 26.9. The fourth-order valence-corrected chi connectivity index (χ4v) is 8.93. The van der Waals surface area contributed by atoms with Crippen LogP contribution in [-0.4, -0.2) is 99.7 Å². The number of carbonyl (C=O) groups is 1. The van der Waals surface area contributed by atoms with Gasteiger partial charge in [-0.15, -0.1) is 0 Å². The molecule has 1 aromatic carbocycles. The predicted molar refractivity (Wildman–Crippen MR) is 185 cm³/mol. The molecule has 0 spiro atoms. The topological polar surface area (TPSA) is 135 Å². The Morgan fingerprint density at radius 2 is 1.89 bits per heavy atom. The Hall–Kier alpha value is -3.81. The molecule has 5 heterocycles. The lowest BCUT2D eigenvalue weighted by molar-refractivity contribution is -0.126. The first kappa shape index (κ1) is 33.1. The first-order valence-corrected chi connectivity index (χ1v) is 18.3. The van der Waals surface area contributed by atoms with Gasteiger partial charge < -0.3 is 25.1 Å². The van der Waals surface area contributed by atoms with Crippen molar-refractivity contribution in [3.8, 4) is 0 Å². The number of amides is 1. The molecule has 3 aliphatic heterocycles. The molecule has 47 heavy (non-hydrogen) atoms. The van der Waals surface area contributed by atoms with Crippen molar-refractivity contribution in [2.24, 2.45) is 0 Å². The largest absolute Gasteiger partial charge is 0.390 e. The average molecular weight is 663 g/mol. The molecule has 3 fully saturated rings. The maximum absolute atomic E-state index is 12.8. The number of piperidine rings is 1. The van der Waals surface area contributed by atoms with Gasteiger partial charge >= 0.3 is 0 Å². The Morgan fingerprint density at radius 1 is 1.15 bits per heavy atom. The van der Waals surface area contributed by atoms with Gasteiger partial charge in [0.2, 0.25) is 21.9 Å². The van der Waals surface area contributed by atoms with Crippen LogP contribution >= 0.6 is 0 Å². The van der Waals surface area contributed by atoms with E-state index >= 15 is 0 Å². The summed E-state index contributed by atoms with van der Waals surface area (Å²) in [6, 6.07) is 7.59. The Morgan fingerprint density at radius 3 is 2.55 bits per heavy atom. The monoisotopic (exact) mass is 662 g/mol. The van der Waals surface area contributed by atoms with Crippen LogP contribution in [0.4, 0.5) is 23.3 Å². The van der Waals surface area contributed by atoms with Gasteiger partial charge in [-0.1, -0.05) is 12.6 Å². The molecule has 0 saturated carbocycles. The highest BCUT2D eigenvalue weighted by molar-refractivity contribution is 7.88. The molecule has 1 amide bonds. The Labute approximate surface area is 277 Å². The molecule has 0 bridgehead atoms. The van der Waals surface area contributed by atoms with Gasteiger partial charge in [-0.25, -0.2) is 18.4 Å². The number of fused-ring (bicyclic) bond motifs is 1. The number of likely N-dealkylation sites (tertiary alicyclic amines) is 1. The summed E-state index contributed by atoms with van der Waals surface area (Å²) in [7, 11) is -3.37. The first-order chi connectivity index (χ1) is 22.3. The highest BCUT2D eigenvalue weighted by Crippen LogP contribution is 2.42. The SMILES string of the molecule is C=CC(=O)N1CCC[C@H]1c1ccc(N2C[C@H](N(C(C)C)S(C)(=O)=O)[C@H]2C)c2cnc(Nc3ccnc(N4CCC(C)(O)CC4)n3)cc12. The molecule has 252 valence electrons. The maximum atomic E-state index is 12.8. The fourth-order valence-electron chi connectivity index (χ4n) is 7.43. The van der Waals surface area contributed by atoms with Crippen molar-refractivity contribution in [1.29, 1.82) is 0 Å². The van der Waals surface area contributed by atoms with E-state index in [1.54, 1.807) is 16.6 Å². The molecular weight excluding hydrogens is 616 g/mol. The van der Waals surface area contributed by atoms with Crippen molar-refractivity contribution in [3.05, 3.63) is 54.9 Å². The molecule has 2 N–H and O–H groups in total. The van der Waals surface area contributed by atoms with Crippen LogP contribution in [0.15, 0.2) is 49.3 Å². The first-order valence-electron chi connectivity index (χ1n) is 16.5. The number of aromatic nitrogens is 3. The second-order valence-corrected chi connectivity index (χ2v) is 15.6. The number of benzene rings is 1. The average Bonchev–Trinajstić information content (AvgIpc) is 3.51. The van der Waals surface area contributed by atoms with Crippen LogP contribution in [0.3, 0.4) is 0 Å². The van der Waals surface area contributed by atoms with Gasteiger partial charge in [0.15, 0.2) is 0 Å². The van der Waals surface area contributed by atoms with Crippen LogP contribution in [-0.2, 0) is 14.8 Å². The van der Waals surface area contributed by atoms with Crippen LogP contribution in [0.5, 0.6) is 0 Å². The number of nitrogens with zero attached hydrogens (tertiary/aromatic N) is 7. The third kappa shape index (κ3) is 6.53. The Balaban J connectivity index is 1.35. The van der Waals surface area contributed by atoms with Gasteiger partial charge in [0.25, 0.3) is 0 Å². The third-order valence-corrected chi connectivity index (χ3v) is 11.4. The number of hydrogen-bond acceptors (Lipinski definition) is 10. The van der Waals surface area contributed by atoms with Crippen LogP contribution in [0, 0.1) is 0 Å². The zero-order chi connectivity index (χ0) is 33.7. The minimum Gasteiger partial charge on any atom is -0.390 e. The van der Waals surface area contributed by atoms with Crippen molar-refractivity contribution in [2.45, 2.75) is 83.1 Å². The molecule has 3 atom stereocenters. The summed E-state index contributed by atoms with van der Waals surface area (Å²) in [5.74, 6) is 1.73. The van der Waals surface area contributed by atoms with E-state index in [0.717, 1.165) is 34.9 Å². The standard InChI is InChI=1S/C34H46N8O4S/c1-7-32(43)40-16-8-9-27(40)24-10-11-28(41-21-29(23(41)4)42(22(2)3)47(6,45)46)26-20-36-31(19-25(24)26)37-30-12-15-35-33(38-30)39-17-13-34(5,44)14-18-39/h7,10-12,15,19-20,22-23,27,29,44H,1,8-9,13-14,16-18,21H2,2-6H3,(H,35,36,37,38)/t23-,27+,29+/m1/s1. The maximum Gasteiger partial charge on any atom is 0.246 e. The zero-order valence-electron chi connectivity index (χ0n) is 27.9. The molecule has 3 saturated heterocycles. The van der Waals surface area contributed by atoms with E-state index in [2.05, 4.69) is 45.7 Å². The molecule has 13 heteroatoms. The van der Waals surface area contributed by atoms with Gasteiger partial charge in [0, 0.05) is 61.7 Å². The van der Waals surface area contributed by atoms with Gasteiger partial charge in [-0.3, -0.25) is 4.79 Å². The quantitative estimate of drug-likeness (QED) is 0.321. The molecule has 0 radical (unpaired) electrons. The second kappa shape index (κ2) is 12.7. The Kier molecular flexibility index (Phi) is 8.92. The zero-order valence-corrected chi connectivity index (χ0v) is 28.7. The molecule has 6 rings (SSSR count). The molecule has 2 aromatic heterocycles. The number of hydrogen-bond donors (Lipinski definition) is 2. The van der Waals surface area contributed by atoms with Crippen LogP contribution < -0.4 is 15.1 Å². The summed E-state index contributed by atoms with van der Waals surface area (Å²) in [5, 5.41) is 15.7. The van der Waals surface area contributed by atoms with Crippen molar-refractivity contribution >= 4 is 50.0 Å². The molecule has 3 aliphatic rings. The molecule has 0 unspecified atom stereocenters. The smallest absolute Gasteiger partial charge is 0.246 e. The van der Waals surface area contributed by atoms with Crippen LogP contribution in [0.1, 0.15) is 65.0 Å². The van der Waals surface area contributed by atoms with E-state index in [9.17, 15) is 18.3 Å². The fraction of sp³-hybridized carbons (Fsp3) is 0.529. The number of nitrogens with one attached hydrogen (secondary N) is 1. The minimum absolute atomic E-state index is 0.0396. The van der Waals surface area contributed by atoms with E-state index in [1.165, 1.54) is 12.3 Å². The van der Waals surface area contributed by atoms with Crippen molar-refractivity contribution in [3.63, 3.8) is 0 Å². The third-order valence-electron chi connectivity index (χ3n) is 9.96. The minimum atomic E-state index is -3.37. The van der Waals surface area contributed by atoms with E-state index < -0.39 is 15.6 Å². The van der Waals surface area contributed by atoms with Crippen LogP contribution in [0.25, 0.3) is 10.8 Å². The number of anilines is 4. The summed E-state index contributed by atoms with van der Waals surface area (Å²) in [5.41, 5.74) is 1.35. The predicted octanol–water partition coefficient (Wildman–Crippen LogP) is 4.22. The summed E-state index contributed by atoms with van der Waals surface area (Å²) in [6.07, 6.45) is 9.28. The number of carbonyl (C=O) groups excluding carboxylic acids is 1. The Bertz CT molecular complexity index is 1770. The molecule has 12 nitrogen and oxygen atoms in total. The van der Waals surface area contributed by atoms with Crippen molar-refractivity contribution in [1.82, 2.24) is 24.2 Å². The number of sulfonamides is 1. The molecule has 0 aliphatic carbocycles. The van der Waals surface area contributed by atoms with Crippen molar-refractivity contribution in [2.75, 3.05) is 47.6 Å². The number of pyridine rings is 1. The second-order valence-electron chi connectivity index (χ2n) is 13.7. The molecule has 3 aromatic rings. The van der Waals surface area contributed by atoms with E-state index in [0.29, 0.717) is 56.6 Å². The summed E-state index contributed by atoms with van der Waals surface area (Å²) in [6.45, 7) is 14.1. The van der Waals surface area contributed by atoms with Gasteiger partial charge in [-0.2, -0.15) is 9.29 Å². The number of aliphatic hydroxyl groups is 1. The highest BCUT2D eigenvalue weighted by atomic mass is 32.2. The van der Waals surface area contributed by atoms with Gasteiger partial charge in [-0.05, 0) is 88.6 Å². The molecular formula is C34H46N8O4S.